The Morgan fingerprint density at radius 3 is 2.36 bits per heavy atom. The summed E-state index contributed by atoms with van der Waals surface area (Å²) in [5.41, 5.74) is 0.625. The minimum atomic E-state index is -0.849. The van der Waals surface area contributed by atoms with Gasteiger partial charge in [-0.25, -0.2) is 14.6 Å². The van der Waals surface area contributed by atoms with Gasteiger partial charge in [0.2, 0.25) is 0 Å². The number of esters is 2. The van der Waals surface area contributed by atoms with Gasteiger partial charge in [-0.2, -0.15) is 0 Å². The lowest BCUT2D eigenvalue weighted by Crippen LogP contribution is -2.50. The van der Waals surface area contributed by atoms with Crippen molar-refractivity contribution in [1.82, 2.24) is 15.3 Å². The number of hydrogen-bond donors (Lipinski definition) is 1. The topological polar surface area (TPSA) is 131 Å². The molecule has 2 heterocycles. The van der Waals surface area contributed by atoms with E-state index >= 15 is 0 Å². The predicted molar refractivity (Wildman–Crippen MR) is 174 cm³/mol. The first-order valence-electron chi connectivity index (χ1n) is 17.0. The Balaban J connectivity index is 1.16. The summed E-state index contributed by atoms with van der Waals surface area (Å²) < 4.78 is 11.6. The number of allylic oxidation sites excluding steroid dienone is 2. The van der Waals surface area contributed by atoms with Crippen molar-refractivity contribution in [3.63, 3.8) is 0 Å². The summed E-state index contributed by atoms with van der Waals surface area (Å²) in [5, 5.41) is 17.3. The number of hydrazine groups is 1. The quantitative estimate of drug-likeness (QED) is 0.182. The molecule has 47 heavy (non-hydrogen) atoms. The first kappa shape index (κ1) is 32.8. The summed E-state index contributed by atoms with van der Waals surface area (Å²) in [6.45, 7) is 6.08. The van der Waals surface area contributed by atoms with E-state index in [0.29, 0.717) is 32.4 Å². The van der Waals surface area contributed by atoms with Crippen molar-refractivity contribution < 1.29 is 28.8 Å². The highest BCUT2D eigenvalue weighted by molar-refractivity contribution is 6.01. The first-order valence-corrected chi connectivity index (χ1v) is 17.0. The zero-order valence-electron chi connectivity index (χ0n) is 27.6. The Kier molecular flexibility index (Phi) is 9.18. The second-order valence-electron chi connectivity index (χ2n) is 15.1. The fourth-order valence-electron chi connectivity index (χ4n) is 8.65. The summed E-state index contributed by atoms with van der Waals surface area (Å²) in [4.78, 5) is 51.6. The molecule has 2 aliphatic heterocycles. The number of aryl methyl sites for hydroxylation is 1. The monoisotopic (exact) mass is 646 g/mol. The van der Waals surface area contributed by atoms with Crippen molar-refractivity contribution in [1.29, 1.82) is 0 Å². The molecule has 1 amide bonds. The van der Waals surface area contributed by atoms with Crippen LogP contribution in [0.4, 0.5) is 5.69 Å². The van der Waals surface area contributed by atoms with Gasteiger partial charge in [0.15, 0.2) is 5.70 Å². The van der Waals surface area contributed by atoms with Crippen LogP contribution in [0.5, 0.6) is 0 Å². The van der Waals surface area contributed by atoms with Crippen LogP contribution >= 0.6 is 0 Å². The molecule has 4 bridgehead atoms. The first-order chi connectivity index (χ1) is 22.4. The van der Waals surface area contributed by atoms with E-state index in [1.807, 2.05) is 0 Å². The van der Waals surface area contributed by atoms with Gasteiger partial charge in [0.25, 0.3) is 11.6 Å². The third-order valence-corrected chi connectivity index (χ3v) is 10.3. The van der Waals surface area contributed by atoms with Crippen molar-refractivity contribution in [2.24, 2.45) is 23.2 Å². The minimum absolute atomic E-state index is 0.00398. The van der Waals surface area contributed by atoms with Crippen molar-refractivity contribution in [3.05, 3.63) is 75.8 Å². The number of nitro benzene ring substituents is 1. The maximum absolute atomic E-state index is 14.0. The number of fused-ring (bicyclic) bond motifs is 1. The number of benzene rings is 1. The van der Waals surface area contributed by atoms with Gasteiger partial charge >= 0.3 is 11.9 Å². The number of rotatable bonds is 11. The number of amides is 1. The largest absolute Gasteiger partial charge is 0.464 e. The number of non-ortho nitro benzene ring substituents is 1. The maximum Gasteiger partial charge on any atom is 0.357 e. The molecule has 7 rings (SSSR count). The van der Waals surface area contributed by atoms with E-state index in [1.54, 1.807) is 62.3 Å². The van der Waals surface area contributed by atoms with Crippen molar-refractivity contribution in [2.75, 3.05) is 13.2 Å². The SMILES string of the molecule is CC(C)(C)OC(=O)C1=CC=CN2CCC=C(N[C@@H](CCc3ccc([N+](=O)[O-])cc3)C(=O)OCCC34CC5CC(CC(C5)C3)C4)C(=O)N12. The number of carbonyl (C=O) groups is 3. The van der Waals surface area contributed by atoms with Gasteiger partial charge in [-0.1, -0.05) is 18.2 Å². The van der Waals surface area contributed by atoms with Crippen LogP contribution in [-0.2, 0) is 30.3 Å². The zero-order valence-corrected chi connectivity index (χ0v) is 27.6. The summed E-state index contributed by atoms with van der Waals surface area (Å²) in [6, 6.07) is 5.40. The molecule has 0 spiro atoms. The van der Waals surface area contributed by atoms with Gasteiger partial charge in [0, 0.05) is 24.9 Å². The van der Waals surface area contributed by atoms with E-state index in [0.717, 1.165) is 29.7 Å². The fourth-order valence-corrected chi connectivity index (χ4v) is 8.65. The third-order valence-electron chi connectivity index (χ3n) is 10.3. The summed E-state index contributed by atoms with van der Waals surface area (Å²) in [6.07, 6.45) is 16.6. The average Bonchev–Trinajstić information content (AvgIpc) is 3.15. The van der Waals surface area contributed by atoms with Crippen molar-refractivity contribution in [3.8, 4) is 0 Å². The number of ether oxygens (including phenoxy) is 2. The lowest BCUT2D eigenvalue weighted by Gasteiger charge is -2.57. The van der Waals surface area contributed by atoms with Crippen molar-refractivity contribution in [2.45, 2.75) is 96.6 Å². The van der Waals surface area contributed by atoms with Crippen molar-refractivity contribution >= 4 is 23.5 Å². The molecule has 4 fully saturated rings. The van der Waals surface area contributed by atoms with Crippen LogP contribution in [0.15, 0.2) is 60.1 Å². The van der Waals surface area contributed by atoms with Gasteiger partial charge in [0.1, 0.15) is 11.6 Å². The second-order valence-corrected chi connectivity index (χ2v) is 15.1. The molecular formula is C36H46N4O7. The van der Waals surface area contributed by atoms with Crippen LogP contribution in [0.2, 0.25) is 0 Å². The highest BCUT2D eigenvalue weighted by Crippen LogP contribution is 2.61. The zero-order chi connectivity index (χ0) is 33.3. The van der Waals surface area contributed by atoms with Crippen LogP contribution < -0.4 is 5.32 Å². The van der Waals surface area contributed by atoms with Gasteiger partial charge in [-0.15, -0.1) is 0 Å². The van der Waals surface area contributed by atoms with Gasteiger partial charge in [-0.05, 0) is 126 Å². The van der Waals surface area contributed by atoms with E-state index in [2.05, 4.69) is 5.32 Å². The molecule has 0 unspecified atom stereocenters. The van der Waals surface area contributed by atoms with Crippen LogP contribution in [0.1, 0.15) is 84.1 Å². The van der Waals surface area contributed by atoms with E-state index in [4.69, 9.17) is 9.47 Å². The fraction of sp³-hybridized carbons (Fsp3) is 0.583. The Hall–Kier alpha value is -4.15. The Morgan fingerprint density at radius 2 is 1.74 bits per heavy atom. The molecule has 11 nitrogen and oxygen atoms in total. The van der Waals surface area contributed by atoms with E-state index in [-0.39, 0.29) is 22.5 Å². The number of hydrogen-bond acceptors (Lipinski definition) is 9. The van der Waals surface area contributed by atoms with Gasteiger partial charge < -0.3 is 14.8 Å². The second kappa shape index (κ2) is 13.2. The molecule has 0 saturated heterocycles. The lowest BCUT2D eigenvalue weighted by atomic mass is 9.49. The summed E-state index contributed by atoms with van der Waals surface area (Å²) in [5.74, 6) is 0.888. The molecule has 4 aliphatic carbocycles. The molecule has 0 aromatic heterocycles. The number of nitrogens with zero attached hydrogens (tertiary/aromatic N) is 3. The number of carbonyl (C=O) groups excluding carboxylic acids is 3. The molecule has 0 radical (unpaired) electrons. The van der Waals surface area contributed by atoms with E-state index in [1.165, 1.54) is 55.7 Å². The van der Waals surface area contributed by atoms with E-state index in [9.17, 15) is 24.5 Å². The lowest BCUT2D eigenvalue weighted by molar-refractivity contribution is -0.384. The molecule has 1 N–H and O–H groups in total. The average molecular weight is 647 g/mol. The Bertz CT molecular complexity index is 1450. The minimum Gasteiger partial charge on any atom is -0.464 e. The van der Waals surface area contributed by atoms with Crippen LogP contribution in [0.3, 0.4) is 0 Å². The molecule has 4 saturated carbocycles. The molecule has 6 aliphatic rings. The summed E-state index contributed by atoms with van der Waals surface area (Å²) >= 11 is 0. The molecule has 1 aromatic rings. The van der Waals surface area contributed by atoms with Gasteiger partial charge in [0.05, 0.1) is 17.2 Å². The van der Waals surface area contributed by atoms with Gasteiger partial charge in [-0.3, -0.25) is 19.9 Å². The third kappa shape index (κ3) is 7.55. The number of nitrogens with one attached hydrogen (secondary N) is 1. The Labute approximate surface area is 276 Å². The number of nitro groups is 1. The van der Waals surface area contributed by atoms with Crippen LogP contribution in [-0.4, -0.2) is 57.6 Å². The highest BCUT2D eigenvalue weighted by atomic mass is 16.6. The molecular weight excluding hydrogens is 600 g/mol. The highest BCUT2D eigenvalue weighted by Gasteiger charge is 2.50. The van der Waals surface area contributed by atoms with Crippen LogP contribution in [0, 0.1) is 33.3 Å². The molecule has 1 aromatic carbocycles. The van der Waals surface area contributed by atoms with E-state index < -0.39 is 34.4 Å². The normalized spacial score (nSPS) is 27.0. The molecule has 11 heteroatoms. The standard InChI is InChI=1S/C36H46N4O7/c1-35(2,3)47-34(43)31-7-5-16-38-15-4-6-29(32(41)39(31)38)37-30(13-10-24-8-11-28(12-9-24)40(44)45)33(42)46-17-14-36-21-25-18-26(22-36)20-27(19-25)23-36/h5-9,11-12,16,25-27,30,37H,4,10,13-15,17-23H2,1-3H3/t25?,26?,27?,30-,36?/m0/s1. The molecule has 252 valence electrons. The molecule has 1 atom stereocenters. The summed E-state index contributed by atoms with van der Waals surface area (Å²) in [7, 11) is 0. The predicted octanol–water partition coefficient (Wildman–Crippen LogP) is 5.72. The maximum atomic E-state index is 14.0. The Morgan fingerprint density at radius 1 is 1.09 bits per heavy atom. The smallest absolute Gasteiger partial charge is 0.357 e. The van der Waals surface area contributed by atoms with Crippen LogP contribution in [0.25, 0.3) is 0 Å².